The average molecular weight is 300 g/mol. The Kier molecular flexibility index (Phi) is 5.56. The van der Waals surface area contributed by atoms with Crippen LogP contribution in [0.25, 0.3) is 0 Å². The van der Waals surface area contributed by atoms with Crippen LogP contribution < -0.4 is 10.1 Å². The number of benzene rings is 1. The molecule has 1 aromatic rings. The van der Waals surface area contributed by atoms with Crippen molar-refractivity contribution < 1.29 is 4.74 Å². The van der Waals surface area contributed by atoms with Crippen LogP contribution in [0.4, 0.5) is 0 Å². The first kappa shape index (κ1) is 14.7. The molecule has 1 aromatic carbocycles. The van der Waals surface area contributed by atoms with Crippen LogP contribution in [0.2, 0.25) is 0 Å². The van der Waals surface area contributed by atoms with Gasteiger partial charge in [0.25, 0.3) is 0 Å². The molecule has 19 heavy (non-hydrogen) atoms. The third kappa shape index (κ3) is 3.88. The lowest BCUT2D eigenvalue weighted by Gasteiger charge is -2.26. The van der Waals surface area contributed by atoms with E-state index in [1.165, 1.54) is 29.5 Å². The second-order valence-corrected chi connectivity index (χ2v) is 5.41. The predicted molar refractivity (Wildman–Crippen MR) is 81.1 cm³/mol. The van der Waals surface area contributed by atoms with Gasteiger partial charge >= 0.3 is 0 Å². The number of halogens is 2. The van der Waals surface area contributed by atoms with E-state index in [9.17, 15) is 0 Å². The lowest BCUT2D eigenvalue weighted by atomic mass is 9.87. The smallest absolute Gasteiger partial charge is 0.125 e. The summed E-state index contributed by atoms with van der Waals surface area (Å²) >= 11 is 11.3. The minimum Gasteiger partial charge on any atom is -0.488 e. The topological polar surface area (TPSA) is 21.3 Å². The molecule has 1 aliphatic rings. The van der Waals surface area contributed by atoms with Crippen molar-refractivity contribution in [3.63, 3.8) is 0 Å². The van der Waals surface area contributed by atoms with Crippen molar-refractivity contribution in [3.05, 3.63) is 39.9 Å². The molecule has 0 amide bonds. The van der Waals surface area contributed by atoms with Crippen molar-refractivity contribution in [2.24, 2.45) is 0 Å². The number of hydrogen-bond donors (Lipinski definition) is 1. The fraction of sp³-hybridized carbons (Fsp3) is 0.467. The van der Waals surface area contributed by atoms with Crippen molar-refractivity contribution in [1.29, 1.82) is 0 Å². The second kappa shape index (κ2) is 7.18. The third-order valence-corrected chi connectivity index (χ3v) is 3.97. The lowest BCUT2D eigenvalue weighted by molar-refractivity contribution is 0.357. The Morgan fingerprint density at radius 3 is 3.11 bits per heavy atom. The first-order valence-corrected chi connectivity index (χ1v) is 7.49. The number of aryl methyl sites for hydroxylation is 1. The molecule has 0 saturated carbocycles. The zero-order chi connectivity index (χ0) is 13.7. The van der Waals surface area contributed by atoms with Gasteiger partial charge in [-0.15, -0.1) is 0 Å². The Hall–Kier alpha value is -0.700. The maximum atomic E-state index is 5.83. The van der Waals surface area contributed by atoms with Gasteiger partial charge in [-0.3, -0.25) is 0 Å². The molecule has 2 nitrogen and oxygen atoms in total. The van der Waals surface area contributed by atoms with Gasteiger partial charge in [0.05, 0.1) is 5.03 Å². The van der Waals surface area contributed by atoms with Crippen molar-refractivity contribution in [3.8, 4) is 5.75 Å². The summed E-state index contributed by atoms with van der Waals surface area (Å²) in [6.45, 7) is 3.44. The molecule has 0 fully saturated rings. The first-order chi connectivity index (χ1) is 9.24. The van der Waals surface area contributed by atoms with Crippen LogP contribution in [0.1, 0.15) is 36.9 Å². The number of fused-ring (bicyclic) bond motifs is 1. The number of rotatable bonds is 5. The molecule has 104 valence electrons. The Morgan fingerprint density at radius 1 is 1.53 bits per heavy atom. The molecule has 1 N–H and O–H groups in total. The Labute approximate surface area is 124 Å². The Balaban J connectivity index is 2.13. The molecule has 0 bridgehead atoms. The van der Waals surface area contributed by atoms with Crippen LogP contribution in [-0.4, -0.2) is 13.2 Å². The van der Waals surface area contributed by atoms with Gasteiger partial charge < -0.3 is 10.1 Å². The van der Waals surface area contributed by atoms with E-state index in [1.54, 1.807) is 0 Å². The molecule has 0 saturated heterocycles. The van der Waals surface area contributed by atoms with E-state index < -0.39 is 0 Å². The fourth-order valence-corrected chi connectivity index (χ4v) is 2.63. The average Bonchev–Trinajstić information content (AvgIpc) is 2.45. The molecule has 1 aliphatic carbocycles. The van der Waals surface area contributed by atoms with E-state index in [0.717, 1.165) is 18.7 Å². The first-order valence-electron chi connectivity index (χ1n) is 6.68. The van der Waals surface area contributed by atoms with Gasteiger partial charge in [0.15, 0.2) is 0 Å². The van der Waals surface area contributed by atoms with E-state index in [4.69, 9.17) is 27.9 Å². The van der Waals surface area contributed by atoms with Crippen LogP contribution in [0, 0.1) is 0 Å². The highest BCUT2D eigenvalue weighted by Crippen LogP contribution is 2.32. The van der Waals surface area contributed by atoms with Crippen LogP contribution in [0.3, 0.4) is 0 Å². The predicted octanol–water partition coefficient (Wildman–Crippen LogP) is 4.37. The summed E-state index contributed by atoms with van der Waals surface area (Å²) in [6, 6.07) is 6.73. The summed E-state index contributed by atoms with van der Waals surface area (Å²) in [5, 5.41) is 4.03. The SMILES string of the molecule is CCNC1CCCc2ccc(OC/C(Cl)=C/Cl)cc21. The number of nitrogens with one attached hydrogen (secondary N) is 1. The highest BCUT2D eigenvalue weighted by molar-refractivity contribution is 6.36. The van der Waals surface area contributed by atoms with Crippen LogP contribution in [0.5, 0.6) is 5.75 Å². The quantitative estimate of drug-likeness (QED) is 0.871. The van der Waals surface area contributed by atoms with Gasteiger partial charge in [-0.25, -0.2) is 0 Å². The monoisotopic (exact) mass is 299 g/mol. The van der Waals surface area contributed by atoms with Gasteiger partial charge in [-0.2, -0.15) is 0 Å². The van der Waals surface area contributed by atoms with Gasteiger partial charge in [-0.05, 0) is 49.1 Å². The zero-order valence-electron chi connectivity index (χ0n) is 11.1. The Bertz CT molecular complexity index is 459. The van der Waals surface area contributed by atoms with E-state index in [0.29, 0.717) is 17.7 Å². The maximum absolute atomic E-state index is 5.83. The lowest BCUT2D eigenvalue weighted by Crippen LogP contribution is -2.24. The minimum absolute atomic E-state index is 0.315. The normalized spacial score (nSPS) is 19.1. The molecule has 0 spiro atoms. The molecular formula is C15H19Cl2NO. The van der Waals surface area contributed by atoms with Crippen molar-refractivity contribution >= 4 is 23.2 Å². The molecule has 0 aromatic heterocycles. The molecular weight excluding hydrogens is 281 g/mol. The summed E-state index contributed by atoms with van der Waals surface area (Å²) in [5.74, 6) is 0.847. The molecule has 2 rings (SSSR count). The molecule has 1 atom stereocenters. The van der Waals surface area contributed by atoms with Crippen molar-refractivity contribution in [2.75, 3.05) is 13.2 Å². The van der Waals surface area contributed by atoms with Crippen LogP contribution >= 0.6 is 23.2 Å². The van der Waals surface area contributed by atoms with Gasteiger partial charge in [0.1, 0.15) is 12.4 Å². The molecule has 0 aliphatic heterocycles. The summed E-state index contributed by atoms with van der Waals surface area (Å²) in [4.78, 5) is 0. The van der Waals surface area contributed by atoms with Crippen molar-refractivity contribution in [2.45, 2.75) is 32.2 Å². The largest absolute Gasteiger partial charge is 0.488 e. The molecule has 0 radical (unpaired) electrons. The number of hydrogen-bond acceptors (Lipinski definition) is 2. The minimum atomic E-state index is 0.315. The van der Waals surface area contributed by atoms with E-state index in [1.807, 2.05) is 6.07 Å². The maximum Gasteiger partial charge on any atom is 0.125 e. The second-order valence-electron chi connectivity index (χ2n) is 4.71. The molecule has 4 heteroatoms. The zero-order valence-corrected chi connectivity index (χ0v) is 12.6. The van der Waals surface area contributed by atoms with Crippen molar-refractivity contribution in [1.82, 2.24) is 5.32 Å². The summed E-state index contributed by atoms with van der Waals surface area (Å²) in [6.07, 6.45) is 3.58. The molecule has 1 unspecified atom stereocenters. The third-order valence-electron chi connectivity index (χ3n) is 3.38. The fourth-order valence-electron chi connectivity index (χ4n) is 2.51. The van der Waals surface area contributed by atoms with Crippen LogP contribution in [0.15, 0.2) is 28.8 Å². The highest BCUT2D eigenvalue weighted by Gasteiger charge is 2.19. The standard InChI is InChI=1S/C15H19Cl2NO/c1-2-18-15-5-3-4-11-6-7-13(8-14(11)15)19-10-12(17)9-16/h6-9,15,18H,2-5,10H2,1H3/b12-9-. The summed E-state index contributed by atoms with van der Waals surface area (Å²) in [7, 11) is 0. The van der Waals surface area contributed by atoms with E-state index in [-0.39, 0.29) is 0 Å². The van der Waals surface area contributed by atoms with Gasteiger partial charge in [-0.1, -0.05) is 36.2 Å². The molecule has 0 heterocycles. The summed E-state index contributed by atoms with van der Waals surface area (Å²) < 4.78 is 5.64. The van der Waals surface area contributed by atoms with Gasteiger partial charge in [0, 0.05) is 11.6 Å². The Morgan fingerprint density at radius 2 is 2.37 bits per heavy atom. The highest BCUT2D eigenvalue weighted by atomic mass is 35.5. The van der Waals surface area contributed by atoms with E-state index in [2.05, 4.69) is 24.4 Å². The van der Waals surface area contributed by atoms with E-state index >= 15 is 0 Å². The summed E-state index contributed by atoms with van der Waals surface area (Å²) in [5.41, 5.74) is 4.11. The number of ether oxygens (including phenoxy) is 1. The van der Waals surface area contributed by atoms with Gasteiger partial charge in [0.2, 0.25) is 0 Å². The van der Waals surface area contributed by atoms with Crippen LogP contribution in [-0.2, 0) is 6.42 Å².